The fourth-order valence-electron chi connectivity index (χ4n) is 2.83. The molecule has 0 radical (unpaired) electrons. The number of nitrogens with zero attached hydrogens (tertiary/aromatic N) is 1. The van der Waals surface area contributed by atoms with Crippen LogP contribution in [0.5, 0.6) is 0 Å². The van der Waals surface area contributed by atoms with Crippen molar-refractivity contribution in [3.8, 4) is 0 Å². The van der Waals surface area contributed by atoms with Crippen LogP contribution < -0.4 is 4.72 Å². The van der Waals surface area contributed by atoms with E-state index in [0.29, 0.717) is 24.8 Å². The first kappa shape index (κ1) is 21.2. The molecule has 1 aliphatic heterocycles. The van der Waals surface area contributed by atoms with Gasteiger partial charge in [-0.25, -0.2) is 13.1 Å². The standard InChI is InChI=1S/C18H21ClN2O3S.ClH/c19-16-7-4-8-17(13-16)25(22,23)20-18(15-5-2-1-3-6-15)14-21-9-11-24-12-10-21;/h1-8,13,18,20H,9-12,14H2;1H. The predicted octanol–water partition coefficient (Wildman–Crippen LogP) is 3.11. The fourth-order valence-corrected chi connectivity index (χ4v) is 4.34. The van der Waals surface area contributed by atoms with E-state index in [1.807, 2.05) is 30.3 Å². The highest BCUT2D eigenvalue weighted by Crippen LogP contribution is 2.21. The minimum absolute atomic E-state index is 0. The van der Waals surface area contributed by atoms with E-state index in [4.69, 9.17) is 16.3 Å². The van der Waals surface area contributed by atoms with E-state index in [-0.39, 0.29) is 23.3 Å². The van der Waals surface area contributed by atoms with E-state index in [9.17, 15) is 8.42 Å². The third-order valence-electron chi connectivity index (χ3n) is 4.15. The molecule has 1 N–H and O–H groups in total. The Hall–Kier alpha value is -1.15. The van der Waals surface area contributed by atoms with Crippen molar-refractivity contribution in [2.45, 2.75) is 10.9 Å². The number of ether oxygens (including phenoxy) is 1. The van der Waals surface area contributed by atoms with Crippen molar-refractivity contribution in [1.82, 2.24) is 9.62 Å². The number of morpholine rings is 1. The predicted molar refractivity (Wildman–Crippen MR) is 105 cm³/mol. The second-order valence-corrected chi connectivity index (χ2v) is 8.11. The molecule has 8 heteroatoms. The maximum absolute atomic E-state index is 12.8. The van der Waals surface area contributed by atoms with Crippen LogP contribution in [-0.4, -0.2) is 46.2 Å². The molecule has 26 heavy (non-hydrogen) atoms. The number of nitrogens with one attached hydrogen (secondary N) is 1. The minimum atomic E-state index is -3.67. The van der Waals surface area contributed by atoms with Crippen molar-refractivity contribution in [1.29, 1.82) is 0 Å². The van der Waals surface area contributed by atoms with E-state index >= 15 is 0 Å². The highest BCUT2D eigenvalue weighted by atomic mass is 35.5. The highest BCUT2D eigenvalue weighted by Gasteiger charge is 2.24. The largest absolute Gasteiger partial charge is 0.379 e. The molecule has 0 amide bonds. The number of hydrogen-bond acceptors (Lipinski definition) is 4. The fraction of sp³-hybridized carbons (Fsp3) is 0.333. The number of benzene rings is 2. The molecule has 1 unspecified atom stereocenters. The lowest BCUT2D eigenvalue weighted by Gasteiger charge is -2.31. The van der Waals surface area contributed by atoms with Crippen LogP contribution in [0, 0.1) is 0 Å². The first-order valence-corrected chi connectivity index (χ1v) is 10.0. The summed E-state index contributed by atoms with van der Waals surface area (Å²) in [6, 6.07) is 15.6. The third kappa shape index (κ3) is 5.67. The topological polar surface area (TPSA) is 58.6 Å². The SMILES string of the molecule is Cl.O=S(=O)(NC(CN1CCOCC1)c1ccccc1)c1cccc(Cl)c1. The maximum atomic E-state index is 12.8. The lowest BCUT2D eigenvalue weighted by Crippen LogP contribution is -2.43. The molecular weight excluding hydrogens is 395 g/mol. The van der Waals surface area contributed by atoms with Gasteiger partial charge < -0.3 is 4.74 Å². The third-order valence-corrected chi connectivity index (χ3v) is 5.85. The molecule has 0 aliphatic carbocycles. The summed E-state index contributed by atoms with van der Waals surface area (Å²) in [6.07, 6.45) is 0. The van der Waals surface area contributed by atoms with Gasteiger partial charge in [-0.05, 0) is 23.8 Å². The Balaban J connectivity index is 0.00000243. The molecule has 5 nitrogen and oxygen atoms in total. The second-order valence-electron chi connectivity index (χ2n) is 5.95. The number of sulfonamides is 1. The van der Waals surface area contributed by atoms with E-state index in [0.717, 1.165) is 18.7 Å². The van der Waals surface area contributed by atoms with Crippen molar-refractivity contribution < 1.29 is 13.2 Å². The van der Waals surface area contributed by atoms with Gasteiger partial charge in [-0.2, -0.15) is 0 Å². The van der Waals surface area contributed by atoms with Gasteiger partial charge in [0.15, 0.2) is 0 Å². The van der Waals surface area contributed by atoms with Crippen molar-refractivity contribution in [3.63, 3.8) is 0 Å². The van der Waals surface area contributed by atoms with Gasteiger partial charge in [0.25, 0.3) is 0 Å². The lowest BCUT2D eigenvalue weighted by molar-refractivity contribution is 0.0345. The van der Waals surface area contributed by atoms with Crippen LogP contribution in [0.1, 0.15) is 11.6 Å². The summed E-state index contributed by atoms with van der Waals surface area (Å²) in [5.74, 6) is 0. The molecule has 1 saturated heterocycles. The summed E-state index contributed by atoms with van der Waals surface area (Å²) in [6.45, 7) is 3.52. The minimum Gasteiger partial charge on any atom is -0.379 e. The van der Waals surface area contributed by atoms with Crippen LogP contribution in [-0.2, 0) is 14.8 Å². The van der Waals surface area contributed by atoms with Gasteiger partial charge in [0.2, 0.25) is 10.0 Å². The normalized spacial score (nSPS) is 16.7. The smallest absolute Gasteiger partial charge is 0.241 e. The Morgan fingerprint density at radius 2 is 1.77 bits per heavy atom. The van der Waals surface area contributed by atoms with E-state index in [1.54, 1.807) is 18.2 Å². The number of halogens is 2. The van der Waals surface area contributed by atoms with Crippen LogP contribution in [0.3, 0.4) is 0 Å². The van der Waals surface area contributed by atoms with Gasteiger partial charge in [0.1, 0.15) is 0 Å². The monoisotopic (exact) mass is 416 g/mol. The Morgan fingerprint density at radius 1 is 1.08 bits per heavy atom. The first-order valence-electron chi connectivity index (χ1n) is 8.17. The molecule has 2 aromatic carbocycles. The van der Waals surface area contributed by atoms with Crippen LogP contribution in [0.2, 0.25) is 5.02 Å². The van der Waals surface area contributed by atoms with Crippen LogP contribution in [0.25, 0.3) is 0 Å². The molecule has 0 saturated carbocycles. The van der Waals surface area contributed by atoms with Crippen molar-refractivity contribution in [2.24, 2.45) is 0 Å². The van der Waals surface area contributed by atoms with Crippen LogP contribution in [0.15, 0.2) is 59.5 Å². The molecule has 3 rings (SSSR count). The lowest BCUT2D eigenvalue weighted by atomic mass is 10.1. The zero-order chi connectivity index (χ0) is 17.7. The average Bonchev–Trinajstić information content (AvgIpc) is 2.63. The molecule has 0 aromatic heterocycles. The zero-order valence-corrected chi connectivity index (χ0v) is 16.6. The van der Waals surface area contributed by atoms with Crippen molar-refractivity contribution in [2.75, 3.05) is 32.8 Å². The van der Waals surface area contributed by atoms with Gasteiger partial charge in [-0.15, -0.1) is 12.4 Å². The summed E-state index contributed by atoms with van der Waals surface area (Å²) >= 11 is 5.95. The summed E-state index contributed by atoms with van der Waals surface area (Å²) < 4.78 is 33.8. The molecule has 1 aliphatic rings. The van der Waals surface area contributed by atoms with Crippen LogP contribution >= 0.6 is 24.0 Å². The Bertz CT molecular complexity index is 797. The van der Waals surface area contributed by atoms with Gasteiger partial charge in [0.05, 0.1) is 24.2 Å². The molecule has 1 fully saturated rings. The highest BCUT2D eigenvalue weighted by molar-refractivity contribution is 7.89. The molecule has 1 atom stereocenters. The average molecular weight is 417 g/mol. The quantitative estimate of drug-likeness (QED) is 0.785. The summed E-state index contributed by atoms with van der Waals surface area (Å²) in [5, 5.41) is 0.396. The van der Waals surface area contributed by atoms with Crippen LogP contribution in [0.4, 0.5) is 0 Å². The van der Waals surface area contributed by atoms with E-state index < -0.39 is 10.0 Å². The number of hydrogen-bond donors (Lipinski definition) is 1. The van der Waals surface area contributed by atoms with Crippen molar-refractivity contribution in [3.05, 3.63) is 65.2 Å². The maximum Gasteiger partial charge on any atom is 0.241 e. The van der Waals surface area contributed by atoms with E-state index in [1.165, 1.54) is 6.07 Å². The van der Waals surface area contributed by atoms with Gasteiger partial charge >= 0.3 is 0 Å². The molecular formula is C18H22Cl2N2O3S. The molecule has 2 aromatic rings. The van der Waals surface area contributed by atoms with Crippen molar-refractivity contribution >= 4 is 34.0 Å². The van der Waals surface area contributed by atoms with Gasteiger partial charge in [-0.1, -0.05) is 48.0 Å². The zero-order valence-electron chi connectivity index (χ0n) is 14.2. The summed E-state index contributed by atoms with van der Waals surface area (Å²) in [5.41, 5.74) is 0.930. The van der Waals surface area contributed by atoms with Gasteiger partial charge in [0, 0.05) is 24.7 Å². The first-order chi connectivity index (χ1) is 12.0. The number of rotatable bonds is 6. The Morgan fingerprint density at radius 3 is 2.42 bits per heavy atom. The van der Waals surface area contributed by atoms with Gasteiger partial charge in [-0.3, -0.25) is 4.90 Å². The van der Waals surface area contributed by atoms with E-state index in [2.05, 4.69) is 9.62 Å². The Labute approximate surface area is 165 Å². The molecule has 0 spiro atoms. The molecule has 142 valence electrons. The Kier molecular flexibility index (Phi) is 7.88. The second kappa shape index (κ2) is 9.69. The molecule has 0 bridgehead atoms. The summed E-state index contributed by atoms with van der Waals surface area (Å²) in [7, 11) is -3.67. The summed E-state index contributed by atoms with van der Waals surface area (Å²) in [4.78, 5) is 2.38. The molecule has 1 heterocycles.